The maximum Gasteiger partial charge on any atom is 0.266 e. The topological polar surface area (TPSA) is 74.8 Å². The molecule has 6 nitrogen and oxygen atoms in total. The molecule has 2 aliphatic rings. The fraction of sp³-hybridized carbons (Fsp3) is 0.0769. The van der Waals surface area contributed by atoms with Crippen LogP contribution in [0.1, 0.15) is 52.6 Å². The first-order valence-electron chi connectivity index (χ1n) is 14.7. The first-order chi connectivity index (χ1) is 21.7. The Kier molecular flexibility index (Phi) is 5.68. The van der Waals surface area contributed by atoms with Crippen molar-refractivity contribution in [3.05, 3.63) is 137 Å². The van der Waals surface area contributed by atoms with E-state index < -0.39 is 5.91 Å². The quantitative estimate of drug-likeness (QED) is 0.197. The molecule has 6 aromatic carbocycles. The van der Waals surface area contributed by atoms with Gasteiger partial charge in [-0.1, -0.05) is 78.4 Å². The smallest absolute Gasteiger partial charge is 0.266 e. The Labute approximate surface area is 259 Å². The van der Waals surface area contributed by atoms with Gasteiger partial charge in [0.25, 0.3) is 23.6 Å². The van der Waals surface area contributed by atoms with Crippen LogP contribution in [0.5, 0.6) is 0 Å². The highest BCUT2D eigenvalue weighted by atomic mass is 16.2. The molecule has 216 valence electrons. The van der Waals surface area contributed by atoms with E-state index in [1.165, 1.54) is 17.5 Å². The van der Waals surface area contributed by atoms with Crippen LogP contribution in [0.2, 0.25) is 0 Å². The third kappa shape index (κ3) is 3.82. The summed E-state index contributed by atoms with van der Waals surface area (Å²) in [6, 6.07) is 32.5. The van der Waals surface area contributed by atoms with Gasteiger partial charge in [0.05, 0.1) is 27.9 Å². The highest BCUT2D eigenvalue weighted by Gasteiger charge is 2.39. The van der Waals surface area contributed by atoms with Crippen molar-refractivity contribution in [3.8, 4) is 22.3 Å². The van der Waals surface area contributed by atoms with Crippen LogP contribution in [0.15, 0.2) is 103 Å². The lowest BCUT2D eigenvalue weighted by molar-refractivity contribution is 0.0692. The number of fused-ring (bicyclic) bond motifs is 4. The Balaban J connectivity index is 1.29. The van der Waals surface area contributed by atoms with Crippen LogP contribution in [0, 0.1) is 13.8 Å². The van der Waals surface area contributed by atoms with E-state index in [-0.39, 0.29) is 17.7 Å². The molecule has 0 saturated carbocycles. The van der Waals surface area contributed by atoms with Crippen molar-refractivity contribution in [2.45, 2.75) is 13.8 Å². The first kappa shape index (κ1) is 26.7. The number of aryl methyl sites for hydroxylation is 2. The number of carbonyl (C=O) groups excluding carboxylic acids is 4. The summed E-state index contributed by atoms with van der Waals surface area (Å²) in [5.74, 6) is -1.48. The average molecular weight is 587 g/mol. The Morgan fingerprint density at radius 3 is 1.80 bits per heavy atom. The average Bonchev–Trinajstić information content (AvgIpc) is 3.42. The lowest BCUT2D eigenvalue weighted by Gasteiger charge is -2.17. The first-order valence-corrected chi connectivity index (χ1v) is 14.7. The summed E-state index contributed by atoms with van der Waals surface area (Å²) in [4.78, 5) is 56.6. The van der Waals surface area contributed by atoms with E-state index >= 15 is 0 Å². The minimum absolute atomic E-state index is 0.304. The van der Waals surface area contributed by atoms with Crippen molar-refractivity contribution in [2.24, 2.45) is 0 Å². The Morgan fingerprint density at radius 1 is 0.489 bits per heavy atom. The molecular formula is C39H26N2O4. The van der Waals surface area contributed by atoms with Gasteiger partial charge in [-0.25, -0.2) is 4.90 Å². The van der Waals surface area contributed by atoms with Gasteiger partial charge in [-0.15, -0.1) is 0 Å². The van der Waals surface area contributed by atoms with Crippen LogP contribution in [-0.4, -0.2) is 35.6 Å². The summed E-state index contributed by atoms with van der Waals surface area (Å²) < 4.78 is 0. The largest absolute Gasteiger partial charge is 0.277 e. The van der Waals surface area contributed by atoms with Crippen LogP contribution in [0.4, 0.5) is 5.69 Å². The van der Waals surface area contributed by atoms with Crippen molar-refractivity contribution in [2.75, 3.05) is 11.9 Å². The molecule has 0 unspecified atom stereocenters. The van der Waals surface area contributed by atoms with Gasteiger partial charge in [0.1, 0.15) is 0 Å². The minimum Gasteiger partial charge on any atom is -0.277 e. The monoisotopic (exact) mass is 586 g/mol. The number of imide groups is 2. The van der Waals surface area contributed by atoms with Gasteiger partial charge in [0.15, 0.2) is 0 Å². The molecule has 0 aromatic heterocycles. The predicted octanol–water partition coefficient (Wildman–Crippen LogP) is 7.97. The Bertz CT molecular complexity index is 2320. The molecule has 8 rings (SSSR count). The van der Waals surface area contributed by atoms with Crippen molar-refractivity contribution in [1.29, 1.82) is 0 Å². The fourth-order valence-electron chi connectivity index (χ4n) is 6.72. The molecular weight excluding hydrogens is 560 g/mol. The number of anilines is 1. The van der Waals surface area contributed by atoms with Crippen LogP contribution in [-0.2, 0) is 0 Å². The number of hydrogen-bond donors (Lipinski definition) is 0. The van der Waals surface area contributed by atoms with Gasteiger partial charge in [-0.2, -0.15) is 0 Å². The molecule has 2 aliphatic heterocycles. The van der Waals surface area contributed by atoms with Crippen molar-refractivity contribution >= 4 is 50.9 Å². The minimum atomic E-state index is -0.401. The van der Waals surface area contributed by atoms with Crippen molar-refractivity contribution in [3.63, 3.8) is 0 Å². The van der Waals surface area contributed by atoms with E-state index in [4.69, 9.17) is 0 Å². The summed E-state index contributed by atoms with van der Waals surface area (Å²) in [5.41, 5.74) is 7.37. The molecule has 6 heteroatoms. The lowest BCUT2D eigenvalue weighted by atomic mass is 9.85. The molecule has 6 aromatic rings. The zero-order valence-corrected chi connectivity index (χ0v) is 24.8. The molecule has 0 N–H and O–H groups in total. The Hall–Kier alpha value is -5.88. The van der Waals surface area contributed by atoms with Crippen LogP contribution < -0.4 is 4.90 Å². The number of amides is 4. The second kappa shape index (κ2) is 9.56. The second-order valence-corrected chi connectivity index (χ2v) is 11.8. The number of hydrogen-bond acceptors (Lipinski definition) is 4. The highest BCUT2D eigenvalue weighted by Crippen LogP contribution is 2.44. The van der Waals surface area contributed by atoms with Gasteiger partial charge in [0.2, 0.25) is 0 Å². The summed E-state index contributed by atoms with van der Waals surface area (Å²) in [6.45, 7) is 3.99. The van der Waals surface area contributed by atoms with E-state index in [9.17, 15) is 19.2 Å². The predicted molar refractivity (Wildman–Crippen MR) is 176 cm³/mol. The molecule has 0 aliphatic carbocycles. The van der Waals surface area contributed by atoms with Gasteiger partial charge >= 0.3 is 0 Å². The van der Waals surface area contributed by atoms with E-state index in [0.29, 0.717) is 33.5 Å². The van der Waals surface area contributed by atoms with E-state index in [1.54, 1.807) is 30.3 Å². The third-order valence-electron chi connectivity index (χ3n) is 9.10. The lowest BCUT2D eigenvalue weighted by Crippen LogP contribution is -2.29. The molecule has 0 atom stereocenters. The zero-order chi connectivity index (χ0) is 31.1. The molecule has 0 saturated heterocycles. The molecule has 2 heterocycles. The highest BCUT2D eigenvalue weighted by molar-refractivity contribution is 6.36. The molecule has 0 spiro atoms. The van der Waals surface area contributed by atoms with E-state index in [1.807, 2.05) is 86.6 Å². The third-order valence-corrected chi connectivity index (χ3v) is 9.10. The van der Waals surface area contributed by atoms with E-state index in [2.05, 4.69) is 0 Å². The van der Waals surface area contributed by atoms with Gasteiger partial charge < -0.3 is 0 Å². The summed E-state index contributed by atoms with van der Waals surface area (Å²) in [6.07, 6.45) is 0. The van der Waals surface area contributed by atoms with Crippen molar-refractivity contribution in [1.82, 2.24) is 4.90 Å². The number of rotatable bonds is 3. The van der Waals surface area contributed by atoms with Crippen LogP contribution in [0.25, 0.3) is 43.8 Å². The maximum atomic E-state index is 13.9. The zero-order valence-electron chi connectivity index (χ0n) is 24.8. The molecule has 45 heavy (non-hydrogen) atoms. The maximum absolute atomic E-state index is 13.9. The molecule has 0 bridgehead atoms. The number of nitrogens with zero attached hydrogens (tertiary/aromatic N) is 2. The Morgan fingerprint density at radius 2 is 1.09 bits per heavy atom. The molecule has 4 amide bonds. The van der Waals surface area contributed by atoms with E-state index in [0.717, 1.165) is 48.7 Å². The number of carbonyl (C=O) groups is 4. The summed E-state index contributed by atoms with van der Waals surface area (Å²) >= 11 is 0. The van der Waals surface area contributed by atoms with Gasteiger partial charge in [0, 0.05) is 12.6 Å². The van der Waals surface area contributed by atoms with Gasteiger partial charge in [-0.05, 0) is 88.0 Å². The number of benzene rings is 6. The summed E-state index contributed by atoms with van der Waals surface area (Å²) in [5, 5.41) is 3.17. The SMILES string of the molecule is Cc1ccc(-c2ccc(N3C(=O)c4cc5ccc(C)c(-c6c7c(cc8ccccc68)C(=O)N(C)C7=O)c5cc4C3=O)cc2)cc1. The van der Waals surface area contributed by atoms with Crippen LogP contribution in [0.3, 0.4) is 0 Å². The second-order valence-electron chi connectivity index (χ2n) is 11.8. The van der Waals surface area contributed by atoms with Crippen LogP contribution >= 0.6 is 0 Å². The standard InChI is InChI=1S/C39H26N2O4/c1-21-8-11-23(12-9-21)24-14-16-27(17-15-24)41-37(43)30-18-26-13-10-22(2)33(29(26)20-31(30)38(41)44)34-28-7-5-4-6-25(28)19-32-35(34)39(45)40(3)36(32)42/h4-20H,1-3H3. The molecule has 0 radical (unpaired) electrons. The summed E-state index contributed by atoms with van der Waals surface area (Å²) in [7, 11) is 1.49. The molecule has 0 fully saturated rings. The normalized spacial score (nSPS) is 14.2. The van der Waals surface area contributed by atoms with Crippen molar-refractivity contribution < 1.29 is 19.2 Å². The fourth-order valence-corrected chi connectivity index (χ4v) is 6.72. The van der Waals surface area contributed by atoms with Gasteiger partial charge in [-0.3, -0.25) is 24.1 Å².